The zero-order chi connectivity index (χ0) is 13.3. The summed E-state index contributed by atoms with van der Waals surface area (Å²) in [4.78, 5) is 2.14. The van der Waals surface area contributed by atoms with Gasteiger partial charge in [-0.25, -0.2) is 8.42 Å². The molecule has 2 fully saturated rings. The highest BCUT2D eigenvalue weighted by atomic mass is 32.2. The Morgan fingerprint density at radius 3 is 2.58 bits per heavy atom. The largest absolute Gasteiger partial charge is 0.463 e. The SMILES string of the molecule is O=S1(=O)CCN(Cc2ccc(CNC3CC3)o2)CC1. The third kappa shape index (κ3) is 3.81. The van der Waals surface area contributed by atoms with E-state index in [1.54, 1.807) is 0 Å². The molecule has 1 aromatic heterocycles. The monoisotopic (exact) mass is 284 g/mol. The summed E-state index contributed by atoms with van der Waals surface area (Å²) in [6.45, 7) is 2.72. The van der Waals surface area contributed by atoms with Gasteiger partial charge >= 0.3 is 0 Å². The van der Waals surface area contributed by atoms with Gasteiger partial charge in [0.25, 0.3) is 0 Å². The molecule has 1 saturated carbocycles. The molecule has 19 heavy (non-hydrogen) atoms. The Balaban J connectivity index is 1.49. The third-order valence-electron chi connectivity index (χ3n) is 3.68. The summed E-state index contributed by atoms with van der Waals surface area (Å²) in [5.74, 6) is 2.42. The van der Waals surface area contributed by atoms with E-state index in [-0.39, 0.29) is 11.5 Å². The molecule has 1 saturated heterocycles. The Bertz CT molecular complexity index is 520. The van der Waals surface area contributed by atoms with Gasteiger partial charge in [0, 0.05) is 19.1 Å². The first-order valence-corrected chi connectivity index (χ1v) is 8.67. The van der Waals surface area contributed by atoms with E-state index >= 15 is 0 Å². The standard InChI is InChI=1S/C13H20N2O3S/c16-19(17)7-5-15(6-8-19)10-13-4-3-12(18-13)9-14-11-1-2-11/h3-4,11,14H,1-2,5-10H2. The number of hydrogen-bond donors (Lipinski definition) is 1. The molecule has 0 amide bonds. The molecule has 3 rings (SSSR count). The lowest BCUT2D eigenvalue weighted by Crippen LogP contribution is -2.39. The second kappa shape index (κ2) is 5.26. The van der Waals surface area contributed by atoms with Gasteiger partial charge in [-0.3, -0.25) is 4.90 Å². The Labute approximate surface area is 113 Å². The van der Waals surface area contributed by atoms with Crippen LogP contribution in [-0.4, -0.2) is 44.0 Å². The van der Waals surface area contributed by atoms with Crippen molar-refractivity contribution in [2.24, 2.45) is 0 Å². The minimum absolute atomic E-state index is 0.268. The first-order chi connectivity index (χ1) is 9.11. The Morgan fingerprint density at radius 2 is 1.89 bits per heavy atom. The predicted molar refractivity (Wildman–Crippen MR) is 72.5 cm³/mol. The average molecular weight is 284 g/mol. The molecule has 1 aliphatic carbocycles. The van der Waals surface area contributed by atoms with Crippen LogP contribution in [0.1, 0.15) is 24.4 Å². The lowest BCUT2D eigenvalue weighted by atomic mass is 10.3. The van der Waals surface area contributed by atoms with Crippen molar-refractivity contribution in [3.05, 3.63) is 23.7 Å². The Morgan fingerprint density at radius 1 is 1.21 bits per heavy atom. The van der Waals surface area contributed by atoms with Crippen LogP contribution in [0.5, 0.6) is 0 Å². The van der Waals surface area contributed by atoms with Crippen molar-refractivity contribution in [1.29, 1.82) is 0 Å². The van der Waals surface area contributed by atoms with E-state index in [1.807, 2.05) is 12.1 Å². The molecule has 0 radical (unpaired) electrons. The smallest absolute Gasteiger partial charge is 0.152 e. The predicted octanol–water partition coefficient (Wildman–Crippen LogP) is 0.762. The molecular formula is C13H20N2O3S. The van der Waals surface area contributed by atoms with E-state index in [9.17, 15) is 8.42 Å². The van der Waals surface area contributed by atoms with Crippen molar-refractivity contribution in [3.63, 3.8) is 0 Å². The molecule has 0 bridgehead atoms. The molecular weight excluding hydrogens is 264 g/mol. The summed E-state index contributed by atoms with van der Waals surface area (Å²) in [6.07, 6.45) is 2.55. The Hall–Kier alpha value is -0.850. The molecule has 1 N–H and O–H groups in total. The summed E-state index contributed by atoms with van der Waals surface area (Å²) in [5, 5.41) is 3.41. The van der Waals surface area contributed by atoms with E-state index in [2.05, 4.69) is 10.2 Å². The van der Waals surface area contributed by atoms with Crippen LogP contribution in [0.15, 0.2) is 16.5 Å². The maximum absolute atomic E-state index is 11.3. The molecule has 1 aliphatic heterocycles. The number of rotatable bonds is 5. The fraction of sp³-hybridized carbons (Fsp3) is 0.692. The van der Waals surface area contributed by atoms with Crippen LogP contribution in [0.2, 0.25) is 0 Å². The van der Waals surface area contributed by atoms with E-state index in [0.717, 1.165) is 18.1 Å². The van der Waals surface area contributed by atoms with Gasteiger partial charge < -0.3 is 9.73 Å². The second-order valence-corrected chi connectivity index (χ2v) is 7.75. The second-order valence-electron chi connectivity index (χ2n) is 5.45. The van der Waals surface area contributed by atoms with Gasteiger partial charge in [0.2, 0.25) is 0 Å². The normalized spacial score (nSPS) is 23.6. The van der Waals surface area contributed by atoms with Crippen LogP contribution in [-0.2, 0) is 22.9 Å². The lowest BCUT2D eigenvalue weighted by molar-refractivity contribution is 0.258. The van der Waals surface area contributed by atoms with Gasteiger partial charge in [-0.05, 0) is 25.0 Å². The lowest BCUT2D eigenvalue weighted by Gasteiger charge is -2.25. The minimum Gasteiger partial charge on any atom is -0.463 e. The van der Waals surface area contributed by atoms with Gasteiger partial charge in [0.1, 0.15) is 11.5 Å². The number of furan rings is 1. The number of nitrogens with one attached hydrogen (secondary N) is 1. The van der Waals surface area contributed by atoms with E-state index in [4.69, 9.17) is 4.42 Å². The summed E-state index contributed by atoms with van der Waals surface area (Å²) in [7, 11) is -2.80. The molecule has 1 aromatic rings. The van der Waals surface area contributed by atoms with Crippen LogP contribution in [0, 0.1) is 0 Å². The summed E-state index contributed by atoms with van der Waals surface area (Å²) in [6, 6.07) is 4.68. The van der Waals surface area contributed by atoms with Crippen molar-refractivity contribution in [3.8, 4) is 0 Å². The molecule has 0 aromatic carbocycles. The van der Waals surface area contributed by atoms with E-state index in [1.165, 1.54) is 12.8 Å². The zero-order valence-electron chi connectivity index (χ0n) is 11.0. The maximum Gasteiger partial charge on any atom is 0.152 e. The first kappa shape index (κ1) is 13.1. The molecule has 0 atom stereocenters. The van der Waals surface area contributed by atoms with Gasteiger partial charge in [-0.15, -0.1) is 0 Å². The van der Waals surface area contributed by atoms with Gasteiger partial charge in [0.05, 0.1) is 24.6 Å². The average Bonchev–Trinajstić information content (AvgIpc) is 3.10. The highest BCUT2D eigenvalue weighted by molar-refractivity contribution is 7.91. The van der Waals surface area contributed by atoms with Crippen LogP contribution in [0.25, 0.3) is 0 Å². The third-order valence-corrected chi connectivity index (χ3v) is 5.29. The fourth-order valence-corrected chi connectivity index (χ4v) is 3.54. The van der Waals surface area contributed by atoms with Crippen molar-refractivity contribution < 1.29 is 12.8 Å². The van der Waals surface area contributed by atoms with E-state index in [0.29, 0.717) is 25.7 Å². The van der Waals surface area contributed by atoms with Crippen molar-refractivity contribution in [2.45, 2.75) is 32.0 Å². The van der Waals surface area contributed by atoms with Crippen LogP contribution < -0.4 is 5.32 Å². The van der Waals surface area contributed by atoms with Crippen molar-refractivity contribution in [1.82, 2.24) is 10.2 Å². The molecule has 0 unspecified atom stereocenters. The van der Waals surface area contributed by atoms with E-state index < -0.39 is 9.84 Å². The molecule has 2 heterocycles. The zero-order valence-corrected chi connectivity index (χ0v) is 11.8. The topological polar surface area (TPSA) is 62.6 Å². The van der Waals surface area contributed by atoms with Gasteiger partial charge in [-0.2, -0.15) is 0 Å². The minimum atomic E-state index is -2.80. The Kier molecular flexibility index (Phi) is 3.64. The highest BCUT2D eigenvalue weighted by Crippen LogP contribution is 2.20. The fourth-order valence-electron chi connectivity index (χ4n) is 2.26. The number of hydrogen-bond acceptors (Lipinski definition) is 5. The van der Waals surface area contributed by atoms with Crippen LogP contribution in [0.3, 0.4) is 0 Å². The van der Waals surface area contributed by atoms with Crippen LogP contribution in [0.4, 0.5) is 0 Å². The first-order valence-electron chi connectivity index (χ1n) is 6.84. The highest BCUT2D eigenvalue weighted by Gasteiger charge is 2.23. The molecule has 6 heteroatoms. The van der Waals surface area contributed by atoms with Gasteiger partial charge in [-0.1, -0.05) is 0 Å². The summed E-state index contributed by atoms with van der Waals surface area (Å²) in [5.41, 5.74) is 0. The summed E-state index contributed by atoms with van der Waals surface area (Å²) < 4.78 is 28.5. The molecule has 0 spiro atoms. The van der Waals surface area contributed by atoms with Crippen molar-refractivity contribution in [2.75, 3.05) is 24.6 Å². The maximum atomic E-state index is 11.3. The quantitative estimate of drug-likeness (QED) is 0.865. The van der Waals surface area contributed by atoms with Gasteiger partial charge in [0.15, 0.2) is 9.84 Å². The number of sulfone groups is 1. The molecule has 2 aliphatic rings. The molecule has 106 valence electrons. The number of nitrogens with zero attached hydrogens (tertiary/aromatic N) is 1. The summed E-state index contributed by atoms with van der Waals surface area (Å²) >= 11 is 0. The van der Waals surface area contributed by atoms with Crippen molar-refractivity contribution >= 4 is 9.84 Å². The van der Waals surface area contributed by atoms with Crippen LogP contribution >= 0.6 is 0 Å². The molecule has 5 nitrogen and oxygen atoms in total.